The van der Waals surface area contributed by atoms with Gasteiger partial charge in [-0.2, -0.15) is 9.37 Å². The van der Waals surface area contributed by atoms with Crippen LogP contribution in [0.1, 0.15) is 13.3 Å². The average molecular weight is 171 g/mol. The third kappa shape index (κ3) is 2.05. The van der Waals surface area contributed by atoms with E-state index in [4.69, 9.17) is 10.5 Å². The lowest BCUT2D eigenvalue weighted by Crippen LogP contribution is -2.03. The summed E-state index contributed by atoms with van der Waals surface area (Å²) in [5.74, 6) is 0.115. The van der Waals surface area contributed by atoms with Crippen molar-refractivity contribution in [1.29, 1.82) is 0 Å². The van der Waals surface area contributed by atoms with E-state index in [1.165, 1.54) is 6.20 Å². The van der Waals surface area contributed by atoms with Gasteiger partial charge in [-0.05, 0) is 6.42 Å². The van der Waals surface area contributed by atoms with Gasteiger partial charge in [-0.25, -0.2) is 4.98 Å². The number of hydrogen-bond donors (Lipinski definition) is 1. The van der Waals surface area contributed by atoms with Crippen LogP contribution in [0.25, 0.3) is 0 Å². The Morgan fingerprint density at radius 1 is 1.67 bits per heavy atom. The summed E-state index contributed by atoms with van der Waals surface area (Å²) >= 11 is 0. The Labute approximate surface area is 69.6 Å². The van der Waals surface area contributed by atoms with Gasteiger partial charge in [0.25, 0.3) is 0 Å². The molecule has 0 aliphatic carbocycles. The van der Waals surface area contributed by atoms with Gasteiger partial charge >= 0.3 is 6.08 Å². The Bertz CT molecular complexity index is 267. The third-order valence-corrected chi connectivity index (χ3v) is 1.19. The fraction of sp³-hybridized carbons (Fsp3) is 0.429. The van der Waals surface area contributed by atoms with E-state index >= 15 is 0 Å². The van der Waals surface area contributed by atoms with Crippen LogP contribution in [0.5, 0.6) is 5.88 Å². The van der Waals surface area contributed by atoms with Gasteiger partial charge in [0.05, 0.1) is 12.8 Å². The average Bonchev–Trinajstić information content (AvgIpc) is 2.07. The number of hydrogen-bond acceptors (Lipinski definition) is 4. The number of nitrogen functional groups attached to an aromatic ring is 1. The maximum Gasteiger partial charge on any atom is 0.311 e. The monoisotopic (exact) mass is 171 g/mol. The third-order valence-electron chi connectivity index (χ3n) is 1.19. The molecule has 12 heavy (non-hydrogen) atoms. The van der Waals surface area contributed by atoms with E-state index < -0.39 is 6.08 Å². The van der Waals surface area contributed by atoms with Crippen LogP contribution in [0.3, 0.4) is 0 Å². The van der Waals surface area contributed by atoms with E-state index in [2.05, 4.69) is 9.97 Å². The molecule has 0 aromatic carbocycles. The minimum Gasteiger partial charge on any atom is -0.476 e. The van der Waals surface area contributed by atoms with Crippen molar-refractivity contribution >= 4 is 5.69 Å². The number of rotatable bonds is 3. The summed E-state index contributed by atoms with van der Waals surface area (Å²) in [5, 5.41) is 0. The molecule has 0 aliphatic heterocycles. The van der Waals surface area contributed by atoms with Gasteiger partial charge in [0.2, 0.25) is 5.88 Å². The molecule has 4 nitrogen and oxygen atoms in total. The van der Waals surface area contributed by atoms with E-state index in [9.17, 15) is 4.39 Å². The molecule has 66 valence electrons. The van der Waals surface area contributed by atoms with E-state index in [1.807, 2.05) is 6.92 Å². The molecule has 0 saturated heterocycles. The van der Waals surface area contributed by atoms with Crippen molar-refractivity contribution in [2.75, 3.05) is 12.3 Å². The van der Waals surface area contributed by atoms with Crippen LogP contribution in [-0.4, -0.2) is 16.6 Å². The molecule has 0 fully saturated rings. The van der Waals surface area contributed by atoms with Crippen LogP contribution in [0.4, 0.5) is 10.1 Å². The molecule has 5 heteroatoms. The Kier molecular flexibility index (Phi) is 2.79. The van der Waals surface area contributed by atoms with Crippen LogP contribution in [0.2, 0.25) is 0 Å². The predicted molar refractivity (Wildman–Crippen MR) is 42.2 cm³/mol. The first kappa shape index (κ1) is 8.70. The first-order valence-electron chi connectivity index (χ1n) is 3.65. The number of aromatic nitrogens is 2. The second-order valence-corrected chi connectivity index (χ2v) is 2.25. The summed E-state index contributed by atoms with van der Waals surface area (Å²) in [6, 6.07) is 0. The van der Waals surface area contributed by atoms with Gasteiger partial charge in [0.1, 0.15) is 5.69 Å². The maximum absolute atomic E-state index is 12.4. The molecule has 0 amide bonds. The molecule has 1 heterocycles. The Morgan fingerprint density at radius 3 is 3.08 bits per heavy atom. The highest BCUT2D eigenvalue weighted by molar-refractivity contribution is 5.44. The highest BCUT2D eigenvalue weighted by Crippen LogP contribution is 2.15. The first-order valence-corrected chi connectivity index (χ1v) is 3.65. The van der Waals surface area contributed by atoms with Crippen LogP contribution < -0.4 is 10.5 Å². The molecule has 1 rings (SSSR count). The highest BCUT2D eigenvalue weighted by Gasteiger charge is 2.03. The van der Waals surface area contributed by atoms with Crippen molar-refractivity contribution in [1.82, 2.24) is 9.97 Å². The minimum absolute atomic E-state index is 0.115. The van der Waals surface area contributed by atoms with Crippen LogP contribution in [-0.2, 0) is 0 Å². The normalized spacial score (nSPS) is 9.83. The second-order valence-electron chi connectivity index (χ2n) is 2.25. The lowest BCUT2D eigenvalue weighted by Gasteiger charge is -2.04. The molecule has 0 aliphatic rings. The van der Waals surface area contributed by atoms with Crippen LogP contribution >= 0.6 is 0 Å². The summed E-state index contributed by atoms with van der Waals surface area (Å²) < 4.78 is 17.5. The van der Waals surface area contributed by atoms with Crippen molar-refractivity contribution in [2.45, 2.75) is 13.3 Å². The molecular formula is C7H10FN3O. The molecule has 1 aromatic rings. The zero-order valence-corrected chi connectivity index (χ0v) is 6.75. The fourth-order valence-corrected chi connectivity index (χ4v) is 0.670. The van der Waals surface area contributed by atoms with E-state index in [0.29, 0.717) is 6.61 Å². The number of nitrogens with zero attached hydrogens (tertiary/aromatic N) is 2. The molecule has 0 radical (unpaired) electrons. The lowest BCUT2D eigenvalue weighted by molar-refractivity contribution is 0.300. The van der Waals surface area contributed by atoms with Crippen molar-refractivity contribution in [3.63, 3.8) is 0 Å². The molecule has 0 saturated carbocycles. The van der Waals surface area contributed by atoms with E-state index in [0.717, 1.165) is 6.42 Å². The number of anilines is 1. The summed E-state index contributed by atoms with van der Waals surface area (Å²) in [6.07, 6.45) is 1.19. The molecule has 0 atom stereocenters. The summed E-state index contributed by atoms with van der Waals surface area (Å²) in [7, 11) is 0. The largest absolute Gasteiger partial charge is 0.476 e. The van der Waals surface area contributed by atoms with E-state index in [-0.39, 0.29) is 11.6 Å². The van der Waals surface area contributed by atoms with Gasteiger partial charge in [-0.1, -0.05) is 6.92 Å². The molecule has 0 bridgehead atoms. The van der Waals surface area contributed by atoms with Crippen molar-refractivity contribution in [3.05, 3.63) is 12.3 Å². The summed E-state index contributed by atoms with van der Waals surface area (Å²) in [6.45, 7) is 2.41. The van der Waals surface area contributed by atoms with Gasteiger partial charge < -0.3 is 10.5 Å². The zero-order valence-electron chi connectivity index (χ0n) is 6.75. The van der Waals surface area contributed by atoms with Crippen LogP contribution in [0, 0.1) is 6.08 Å². The first-order chi connectivity index (χ1) is 5.74. The Balaban J connectivity index is 2.75. The maximum atomic E-state index is 12.4. The van der Waals surface area contributed by atoms with Crippen LogP contribution in [0.15, 0.2) is 6.20 Å². The van der Waals surface area contributed by atoms with E-state index in [1.54, 1.807) is 0 Å². The SMILES string of the molecule is CCCOc1nc(F)ncc1N. The summed E-state index contributed by atoms with van der Waals surface area (Å²) in [4.78, 5) is 6.65. The smallest absolute Gasteiger partial charge is 0.311 e. The quantitative estimate of drug-likeness (QED) is 0.689. The highest BCUT2D eigenvalue weighted by atomic mass is 19.1. The number of ether oxygens (including phenoxy) is 1. The minimum atomic E-state index is -0.824. The summed E-state index contributed by atoms with van der Waals surface area (Å²) in [5.41, 5.74) is 5.67. The van der Waals surface area contributed by atoms with Crippen molar-refractivity contribution in [2.24, 2.45) is 0 Å². The molecule has 0 unspecified atom stereocenters. The molecule has 2 N–H and O–H groups in total. The standard InChI is InChI=1S/C7H10FN3O/c1-2-3-12-6-5(9)4-10-7(8)11-6/h4H,2-3,9H2,1H3. The zero-order chi connectivity index (χ0) is 8.97. The fourth-order valence-electron chi connectivity index (χ4n) is 0.670. The van der Waals surface area contributed by atoms with Crippen molar-refractivity contribution in [3.8, 4) is 5.88 Å². The second kappa shape index (κ2) is 3.85. The van der Waals surface area contributed by atoms with Gasteiger partial charge in [0, 0.05) is 0 Å². The molecular weight excluding hydrogens is 161 g/mol. The molecule has 1 aromatic heterocycles. The Morgan fingerprint density at radius 2 is 2.42 bits per heavy atom. The number of nitrogens with two attached hydrogens (primary N) is 1. The van der Waals surface area contributed by atoms with Gasteiger partial charge in [-0.3, -0.25) is 0 Å². The predicted octanol–water partition coefficient (Wildman–Crippen LogP) is 0.987. The van der Waals surface area contributed by atoms with Crippen molar-refractivity contribution < 1.29 is 9.13 Å². The van der Waals surface area contributed by atoms with Gasteiger partial charge in [0.15, 0.2) is 0 Å². The molecule has 0 spiro atoms. The number of halogens is 1. The van der Waals surface area contributed by atoms with Gasteiger partial charge in [-0.15, -0.1) is 0 Å². The Hall–Kier alpha value is -1.39. The lowest BCUT2D eigenvalue weighted by atomic mass is 10.5. The topological polar surface area (TPSA) is 61.0 Å².